The van der Waals surface area contributed by atoms with Crippen LogP contribution in [0.4, 0.5) is 5.69 Å². The summed E-state index contributed by atoms with van der Waals surface area (Å²) in [5.41, 5.74) is 1.13. The van der Waals surface area contributed by atoms with Crippen molar-refractivity contribution in [2.45, 2.75) is 44.2 Å². The molecule has 0 radical (unpaired) electrons. The van der Waals surface area contributed by atoms with Crippen LogP contribution in [-0.4, -0.2) is 66.9 Å². The fourth-order valence-corrected chi connectivity index (χ4v) is 4.17. The predicted molar refractivity (Wildman–Crippen MR) is 115 cm³/mol. The number of ether oxygens (including phenoxy) is 1. The Bertz CT molecular complexity index is 871. The van der Waals surface area contributed by atoms with Crippen molar-refractivity contribution in [3.8, 4) is 0 Å². The monoisotopic (exact) mass is 450 g/mol. The quantitative estimate of drug-likeness (QED) is 0.420. The van der Waals surface area contributed by atoms with Gasteiger partial charge in [0.15, 0.2) is 0 Å². The fraction of sp³-hybridized carbons (Fsp3) is 0.524. The van der Waals surface area contributed by atoms with Crippen LogP contribution in [0.3, 0.4) is 0 Å². The minimum absolute atomic E-state index is 0. The Balaban J connectivity index is 0.00000272. The summed E-state index contributed by atoms with van der Waals surface area (Å²) in [7, 11) is 0. The molecule has 9 nitrogen and oxygen atoms in total. The molecule has 31 heavy (non-hydrogen) atoms. The van der Waals surface area contributed by atoms with Crippen LogP contribution < -0.4 is 16.0 Å². The molecule has 2 saturated heterocycles. The molecule has 3 aliphatic heterocycles. The number of amides is 4. The van der Waals surface area contributed by atoms with E-state index in [9.17, 15) is 19.2 Å². The molecule has 3 N–H and O–H groups in total. The second-order valence-electron chi connectivity index (χ2n) is 7.78. The van der Waals surface area contributed by atoms with Crippen molar-refractivity contribution >= 4 is 41.7 Å². The Labute approximate surface area is 186 Å². The third-order valence-corrected chi connectivity index (χ3v) is 5.74. The number of fused-ring (bicyclic) bond motifs is 1. The third-order valence-electron chi connectivity index (χ3n) is 5.74. The molecule has 0 bridgehead atoms. The first-order valence-corrected chi connectivity index (χ1v) is 10.5. The molecule has 0 aromatic heterocycles. The third kappa shape index (κ3) is 4.89. The fourth-order valence-electron chi connectivity index (χ4n) is 4.17. The molecule has 0 spiro atoms. The number of carbonyl (C=O) groups excluding carboxylic acids is 4. The zero-order valence-electron chi connectivity index (χ0n) is 17.1. The van der Waals surface area contributed by atoms with Crippen molar-refractivity contribution in [2.75, 3.05) is 31.6 Å². The van der Waals surface area contributed by atoms with E-state index in [1.54, 1.807) is 18.2 Å². The van der Waals surface area contributed by atoms with Gasteiger partial charge in [0.05, 0.1) is 17.2 Å². The highest BCUT2D eigenvalue weighted by Crippen LogP contribution is 2.32. The average molecular weight is 451 g/mol. The summed E-state index contributed by atoms with van der Waals surface area (Å²) in [5.74, 6) is -1.99. The smallest absolute Gasteiger partial charge is 0.264 e. The summed E-state index contributed by atoms with van der Waals surface area (Å²) in [6.07, 6.45) is 3.36. The van der Waals surface area contributed by atoms with Crippen LogP contribution in [0.15, 0.2) is 18.2 Å². The lowest BCUT2D eigenvalue weighted by Gasteiger charge is -2.27. The largest absolute Gasteiger partial charge is 0.384 e. The van der Waals surface area contributed by atoms with E-state index in [2.05, 4.69) is 16.0 Å². The predicted octanol–water partition coefficient (Wildman–Crippen LogP) is 1.08. The molecule has 168 valence electrons. The Morgan fingerprint density at radius 3 is 2.58 bits per heavy atom. The summed E-state index contributed by atoms with van der Waals surface area (Å²) in [6, 6.07) is 4.10. The van der Waals surface area contributed by atoms with Gasteiger partial charge in [-0.3, -0.25) is 29.4 Å². The minimum Gasteiger partial charge on any atom is -0.384 e. The number of nitrogens with zero attached hydrogens (tertiary/aromatic N) is 1. The molecule has 1 unspecified atom stereocenters. The number of rotatable bonds is 7. The van der Waals surface area contributed by atoms with Gasteiger partial charge < -0.3 is 15.4 Å². The number of imide groups is 2. The molecule has 0 saturated carbocycles. The maximum absolute atomic E-state index is 13.0. The van der Waals surface area contributed by atoms with Crippen LogP contribution in [0.2, 0.25) is 0 Å². The molecule has 0 aliphatic carbocycles. The van der Waals surface area contributed by atoms with Crippen molar-refractivity contribution in [1.82, 2.24) is 15.5 Å². The first-order valence-electron chi connectivity index (χ1n) is 10.5. The van der Waals surface area contributed by atoms with Gasteiger partial charge in [-0.2, -0.15) is 0 Å². The van der Waals surface area contributed by atoms with Gasteiger partial charge in [-0.15, -0.1) is 12.4 Å². The molecule has 4 rings (SSSR count). The summed E-state index contributed by atoms with van der Waals surface area (Å²) < 4.78 is 5.89. The lowest BCUT2D eigenvalue weighted by molar-refractivity contribution is -0.136. The first kappa shape index (κ1) is 23.2. The molecule has 3 heterocycles. The molecule has 4 amide bonds. The summed E-state index contributed by atoms with van der Waals surface area (Å²) in [4.78, 5) is 50.4. The second-order valence-corrected chi connectivity index (χ2v) is 7.78. The minimum atomic E-state index is -0.957. The highest BCUT2D eigenvalue weighted by atomic mass is 35.5. The van der Waals surface area contributed by atoms with Gasteiger partial charge in [0.1, 0.15) is 6.04 Å². The van der Waals surface area contributed by atoms with Crippen LogP contribution in [0, 0.1) is 0 Å². The molecule has 1 aromatic carbocycles. The van der Waals surface area contributed by atoms with Gasteiger partial charge in [-0.05, 0) is 50.9 Å². The Morgan fingerprint density at radius 2 is 1.84 bits per heavy atom. The van der Waals surface area contributed by atoms with E-state index in [1.165, 1.54) is 0 Å². The second kappa shape index (κ2) is 10.2. The van der Waals surface area contributed by atoms with Gasteiger partial charge in [-0.25, -0.2) is 0 Å². The normalized spacial score (nSPS) is 21.5. The van der Waals surface area contributed by atoms with Crippen LogP contribution in [0.1, 0.15) is 52.8 Å². The highest BCUT2D eigenvalue weighted by Gasteiger charge is 2.45. The molecule has 2 fully saturated rings. The Kier molecular flexibility index (Phi) is 7.64. The van der Waals surface area contributed by atoms with Crippen LogP contribution >= 0.6 is 12.4 Å². The number of halogens is 1. The molecule has 1 aromatic rings. The molecule has 1 atom stereocenters. The van der Waals surface area contributed by atoms with Gasteiger partial charge >= 0.3 is 0 Å². The average Bonchev–Trinajstić information content (AvgIpc) is 3.00. The van der Waals surface area contributed by atoms with E-state index in [0.717, 1.165) is 37.3 Å². The SMILES string of the molecule is Cl.O=C1CCC(N2C(=O)c3cccc(NCCCOC4CCNCC4)c3C2=O)C(=O)N1. The summed E-state index contributed by atoms with van der Waals surface area (Å²) in [5, 5.41) is 8.74. The van der Waals surface area contributed by atoms with E-state index >= 15 is 0 Å². The van der Waals surface area contributed by atoms with E-state index < -0.39 is 23.8 Å². The zero-order chi connectivity index (χ0) is 21.1. The lowest BCUT2D eigenvalue weighted by Crippen LogP contribution is -2.54. The van der Waals surface area contributed by atoms with Crippen molar-refractivity contribution in [1.29, 1.82) is 0 Å². The van der Waals surface area contributed by atoms with Gasteiger partial charge in [0.25, 0.3) is 11.8 Å². The molecule has 3 aliphatic rings. The van der Waals surface area contributed by atoms with Gasteiger partial charge in [0.2, 0.25) is 11.8 Å². The van der Waals surface area contributed by atoms with Gasteiger partial charge in [-0.1, -0.05) is 6.07 Å². The van der Waals surface area contributed by atoms with Crippen LogP contribution in [0.5, 0.6) is 0 Å². The molecular weight excluding hydrogens is 424 g/mol. The number of nitrogens with one attached hydrogen (secondary N) is 3. The number of carbonyl (C=O) groups is 4. The number of hydrogen-bond donors (Lipinski definition) is 3. The van der Waals surface area contributed by atoms with Gasteiger partial charge in [0, 0.05) is 25.3 Å². The number of anilines is 1. The van der Waals surface area contributed by atoms with Crippen molar-refractivity contribution in [3.05, 3.63) is 29.3 Å². The van der Waals surface area contributed by atoms with Crippen molar-refractivity contribution < 1.29 is 23.9 Å². The number of hydrogen-bond acceptors (Lipinski definition) is 7. The molecular formula is C21H27ClN4O5. The van der Waals surface area contributed by atoms with E-state index in [0.29, 0.717) is 24.9 Å². The first-order chi connectivity index (χ1) is 14.6. The topological polar surface area (TPSA) is 117 Å². The Morgan fingerprint density at radius 1 is 1.06 bits per heavy atom. The van der Waals surface area contributed by atoms with Crippen LogP contribution in [-0.2, 0) is 14.3 Å². The van der Waals surface area contributed by atoms with Crippen molar-refractivity contribution in [3.63, 3.8) is 0 Å². The van der Waals surface area contributed by atoms with E-state index in [4.69, 9.17) is 4.74 Å². The number of piperidine rings is 2. The van der Waals surface area contributed by atoms with Crippen molar-refractivity contribution in [2.24, 2.45) is 0 Å². The van der Waals surface area contributed by atoms with E-state index in [1.807, 2.05) is 0 Å². The highest BCUT2D eigenvalue weighted by molar-refractivity contribution is 6.25. The maximum atomic E-state index is 13.0. The maximum Gasteiger partial charge on any atom is 0.264 e. The van der Waals surface area contributed by atoms with E-state index in [-0.39, 0.29) is 42.3 Å². The Hall–Kier alpha value is -2.49. The number of benzene rings is 1. The molecule has 10 heteroatoms. The standard InChI is InChI=1S/C21H26N4O5.ClH/c26-17-6-5-16(19(27)24-17)25-20(28)14-3-1-4-15(18(14)21(25)29)23-9-2-12-30-13-7-10-22-11-8-13;/h1,3-4,13,16,22-23H,2,5-12H2,(H,24,26,27);1H. The van der Waals surface area contributed by atoms with Crippen LogP contribution in [0.25, 0.3) is 0 Å². The zero-order valence-corrected chi connectivity index (χ0v) is 18.0. The lowest BCUT2D eigenvalue weighted by atomic mass is 10.0. The summed E-state index contributed by atoms with van der Waals surface area (Å²) in [6.45, 7) is 3.20. The summed E-state index contributed by atoms with van der Waals surface area (Å²) >= 11 is 0.